The fourth-order valence-electron chi connectivity index (χ4n) is 3.21. The van der Waals surface area contributed by atoms with Gasteiger partial charge < -0.3 is 4.90 Å². The van der Waals surface area contributed by atoms with Crippen LogP contribution in [-0.2, 0) is 6.54 Å². The van der Waals surface area contributed by atoms with Crippen LogP contribution in [0, 0.1) is 28.4 Å². The van der Waals surface area contributed by atoms with E-state index in [-0.39, 0.29) is 22.6 Å². The summed E-state index contributed by atoms with van der Waals surface area (Å²) in [6.07, 6.45) is -4.77. The van der Waals surface area contributed by atoms with E-state index in [0.717, 1.165) is 10.7 Å². The Morgan fingerprint density at radius 1 is 1.21 bits per heavy atom. The molecule has 0 saturated heterocycles. The topological polar surface area (TPSA) is 122 Å². The molecule has 0 aliphatic carbocycles. The third-order valence-corrected chi connectivity index (χ3v) is 4.73. The van der Waals surface area contributed by atoms with Gasteiger partial charge in [-0.1, -0.05) is 24.3 Å². The van der Waals surface area contributed by atoms with Crippen molar-refractivity contribution in [1.29, 1.82) is 5.26 Å². The van der Waals surface area contributed by atoms with Gasteiger partial charge in [-0.05, 0) is 30.7 Å². The normalized spacial score (nSPS) is 11.0. The summed E-state index contributed by atoms with van der Waals surface area (Å²) in [4.78, 5) is 36.7. The molecule has 0 N–H and O–H groups in total. The molecule has 0 aliphatic rings. The third kappa shape index (κ3) is 5.44. The highest BCUT2D eigenvalue weighted by Gasteiger charge is 2.35. The first-order valence-electron chi connectivity index (χ1n) is 9.70. The first-order chi connectivity index (χ1) is 16.0. The first-order valence-corrected chi connectivity index (χ1v) is 9.70. The number of nitrogens with zero attached hydrogens (tertiary/aromatic N) is 5. The molecular weight excluding hydrogens is 455 g/mol. The molecule has 0 fully saturated rings. The van der Waals surface area contributed by atoms with Gasteiger partial charge in [-0.15, -0.1) is 0 Å². The lowest BCUT2D eigenvalue weighted by Gasteiger charge is -2.24. The average Bonchev–Trinajstić information content (AvgIpc) is 2.78. The van der Waals surface area contributed by atoms with Gasteiger partial charge in [0.2, 0.25) is 5.43 Å². The Kier molecular flexibility index (Phi) is 6.76. The number of alkyl halides is 3. The van der Waals surface area contributed by atoms with E-state index >= 15 is 0 Å². The predicted molar refractivity (Wildman–Crippen MR) is 113 cm³/mol. The van der Waals surface area contributed by atoms with Gasteiger partial charge in [0, 0.05) is 24.4 Å². The van der Waals surface area contributed by atoms with Crippen LogP contribution in [-0.4, -0.2) is 38.2 Å². The lowest BCUT2D eigenvalue weighted by Crippen LogP contribution is -2.41. The fourth-order valence-corrected chi connectivity index (χ4v) is 3.21. The van der Waals surface area contributed by atoms with Crippen molar-refractivity contribution in [3.63, 3.8) is 0 Å². The van der Waals surface area contributed by atoms with Gasteiger partial charge in [-0.3, -0.25) is 19.7 Å². The molecule has 0 aliphatic heterocycles. The largest absolute Gasteiger partial charge is 0.406 e. The number of hydrogen-bond acceptors (Lipinski definition) is 6. The molecule has 0 spiro atoms. The minimum Gasteiger partial charge on any atom is -0.324 e. The smallest absolute Gasteiger partial charge is 0.324 e. The maximum absolute atomic E-state index is 13.2. The van der Waals surface area contributed by atoms with E-state index < -0.39 is 41.2 Å². The Morgan fingerprint density at radius 3 is 2.44 bits per heavy atom. The van der Waals surface area contributed by atoms with Crippen LogP contribution in [0.3, 0.4) is 0 Å². The molecule has 3 rings (SSSR count). The number of nitro groups is 1. The zero-order chi connectivity index (χ0) is 25.0. The number of halogens is 3. The summed E-state index contributed by atoms with van der Waals surface area (Å²) in [6.45, 7) is -0.750. The summed E-state index contributed by atoms with van der Waals surface area (Å²) in [5.41, 5.74) is -1.46. The third-order valence-electron chi connectivity index (χ3n) is 4.73. The van der Waals surface area contributed by atoms with E-state index in [1.807, 2.05) is 6.07 Å². The van der Waals surface area contributed by atoms with Crippen LogP contribution in [0.1, 0.15) is 27.3 Å². The number of nitro benzene ring substituents is 1. The second-order valence-corrected chi connectivity index (χ2v) is 7.24. The molecule has 0 unspecified atom stereocenters. The number of nitriles is 1. The average molecular weight is 471 g/mol. The Bertz CT molecular complexity index is 1340. The van der Waals surface area contributed by atoms with Crippen LogP contribution in [0.15, 0.2) is 59.4 Å². The number of aryl methyl sites for hydroxylation is 1. The predicted octanol–water partition coefficient (Wildman–Crippen LogP) is 3.53. The summed E-state index contributed by atoms with van der Waals surface area (Å²) < 4.78 is 40.7. The van der Waals surface area contributed by atoms with E-state index in [2.05, 4.69) is 5.10 Å². The Balaban J connectivity index is 2.07. The molecule has 0 radical (unpaired) electrons. The Labute approximate surface area is 190 Å². The Morgan fingerprint density at radius 2 is 1.85 bits per heavy atom. The monoisotopic (exact) mass is 471 g/mol. The van der Waals surface area contributed by atoms with Gasteiger partial charge in [-0.25, -0.2) is 4.68 Å². The summed E-state index contributed by atoms with van der Waals surface area (Å²) in [6, 6.07) is 13.8. The van der Waals surface area contributed by atoms with Gasteiger partial charge in [0.1, 0.15) is 12.2 Å². The van der Waals surface area contributed by atoms with Crippen molar-refractivity contribution in [3.05, 3.63) is 97.4 Å². The second-order valence-electron chi connectivity index (χ2n) is 7.24. The van der Waals surface area contributed by atoms with Gasteiger partial charge in [-0.2, -0.15) is 23.5 Å². The molecule has 1 aromatic heterocycles. The molecule has 9 nitrogen and oxygen atoms in total. The molecule has 3 aromatic rings. The maximum Gasteiger partial charge on any atom is 0.406 e. The molecule has 0 bridgehead atoms. The van der Waals surface area contributed by atoms with Gasteiger partial charge in [0.25, 0.3) is 11.6 Å². The highest BCUT2D eigenvalue weighted by molar-refractivity contribution is 5.92. The number of rotatable bonds is 6. The Hall–Kier alpha value is -4.53. The molecule has 174 valence electrons. The summed E-state index contributed by atoms with van der Waals surface area (Å²) >= 11 is 0. The summed E-state index contributed by atoms with van der Waals surface area (Å²) in [7, 11) is 0. The van der Waals surface area contributed by atoms with Crippen molar-refractivity contribution >= 4 is 11.6 Å². The molecule has 0 atom stereocenters. The number of carbonyl (C=O) groups is 1. The van der Waals surface area contributed by atoms with Crippen LogP contribution < -0.4 is 5.43 Å². The number of para-hydroxylation sites is 2. The van der Waals surface area contributed by atoms with Gasteiger partial charge in [0.05, 0.1) is 16.6 Å². The number of benzene rings is 2. The summed E-state index contributed by atoms with van der Waals surface area (Å²) in [5.74, 6) is -1.29. The van der Waals surface area contributed by atoms with E-state index in [1.54, 1.807) is 0 Å². The number of hydrogen-bond donors (Lipinski definition) is 0. The SMILES string of the molecule is Cc1cc(=O)c(C(=O)N(Cc2ccc(C#N)cc2)CC(F)(F)F)nn1-c1ccccc1[N+](=O)[O-]. The zero-order valence-electron chi connectivity index (χ0n) is 17.6. The highest BCUT2D eigenvalue weighted by atomic mass is 19.4. The van der Waals surface area contributed by atoms with Crippen molar-refractivity contribution in [2.75, 3.05) is 6.54 Å². The fraction of sp³-hybridized carbons (Fsp3) is 0.182. The number of amides is 1. The molecule has 2 aromatic carbocycles. The number of aromatic nitrogens is 2. The van der Waals surface area contributed by atoms with E-state index in [1.165, 1.54) is 55.5 Å². The van der Waals surface area contributed by atoms with Gasteiger partial charge in [0.15, 0.2) is 5.69 Å². The quantitative estimate of drug-likeness (QED) is 0.400. The molecular formula is C22H16F3N5O4. The zero-order valence-corrected chi connectivity index (χ0v) is 17.6. The van der Waals surface area contributed by atoms with E-state index in [4.69, 9.17) is 5.26 Å². The molecule has 1 amide bonds. The van der Waals surface area contributed by atoms with Crippen molar-refractivity contribution in [3.8, 4) is 11.8 Å². The molecule has 34 heavy (non-hydrogen) atoms. The lowest BCUT2D eigenvalue weighted by molar-refractivity contribution is -0.384. The number of carbonyl (C=O) groups excluding carboxylic acids is 1. The lowest BCUT2D eigenvalue weighted by atomic mass is 10.1. The van der Waals surface area contributed by atoms with Crippen LogP contribution in [0.4, 0.5) is 18.9 Å². The van der Waals surface area contributed by atoms with Crippen molar-refractivity contribution in [2.45, 2.75) is 19.6 Å². The molecule has 12 heteroatoms. The standard InChI is InChI=1S/C22H16F3N5O4/c1-14-10-19(31)20(27-29(14)17-4-2-3-5-18(17)30(33)34)21(32)28(13-22(23,24)25)12-16-8-6-15(11-26)7-9-16/h2-10H,12-13H2,1H3. The second kappa shape index (κ2) is 9.53. The maximum atomic E-state index is 13.2. The van der Waals surface area contributed by atoms with Crippen molar-refractivity contribution in [2.24, 2.45) is 0 Å². The minimum absolute atomic E-state index is 0.0616. The van der Waals surface area contributed by atoms with E-state index in [9.17, 15) is 32.9 Å². The van der Waals surface area contributed by atoms with Gasteiger partial charge >= 0.3 is 6.18 Å². The summed E-state index contributed by atoms with van der Waals surface area (Å²) in [5, 5.41) is 24.2. The van der Waals surface area contributed by atoms with Crippen LogP contribution in [0.25, 0.3) is 5.69 Å². The minimum atomic E-state index is -4.77. The highest BCUT2D eigenvalue weighted by Crippen LogP contribution is 2.23. The molecule has 0 saturated carbocycles. The molecule has 1 heterocycles. The van der Waals surface area contributed by atoms with Crippen LogP contribution in [0.2, 0.25) is 0 Å². The first kappa shape index (κ1) is 24.1. The van der Waals surface area contributed by atoms with Crippen molar-refractivity contribution in [1.82, 2.24) is 14.7 Å². The van der Waals surface area contributed by atoms with E-state index in [0.29, 0.717) is 10.5 Å². The van der Waals surface area contributed by atoms with Crippen LogP contribution >= 0.6 is 0 Å². The van der Waals surface area contributed by atoms with Crippen LogP contribution in [0.5, 0.6) is 0 Å². The van der Waals surface area contributed by atoms with Crippen molar-refractivity contribution < 1.29 is 22.9 Å².